The van der Waals surface area contributed by atoms with Crippen LogP contribution >= 0.6 is 0 Å². The molecular weight excluding hydrogens is 320 g/mol. The second-order valence-electron chi connectivity index (χ2n) is 4.61. The third-order valence-electron chi connectivity index (χ3n) is 2.96. The fraction of sp³-hybridized carbons (Fsp3) is 0.125. The highest BCUT2D eigenvalue weighted by Crippen LogP contribution is 2.28. The predicted molar refractivity (Wildman–Crippen MR) is 85.5 cm³/mol. The van der Waals surface area contributed by atoms with E-state index in [1.54, 1.807) is 30.3 Å². The van der Waals surface area contributed by atoms with Gasteiger partial charge in [-0.2, -0.15) is 13.9 Å². The minimum atomic E-state index is -2.98. The highest BCUT2D eigenvalue weighted by Gasteiger charge is 2.10. The van der Waals surface area contributed by atoms with Crippen molar-refractivity contribution in [3.05, 3.63) is 53.6 Å². The number of rotatable bonds is 6. The lowest BCUT2D eigenvalue weighted by Crippen LogP contribution is -2.17. The van der Waals surface area contributed by atoms with Crippen LogP contribution in [0.25, 0.3) is 0 Å². The van der Waals surface area contributed by atoms with Gasteiger partial charge in [0.2, 0.25) is 0 Å². The maximum atomic E-state index is 12.4. The highest BCUT2D eigenvalue weighted by atomic mass is 19.3. The van der Waals surface area contributed by atoms with Gasteiger partial charge in [0.05, 0.1) is 13.3 Å². The van der Waals surface area contributed by atoms with E-state index in [1.165, 1.54) is 25.5 Å². The summed E-state index contributed by atoms with van der Waals surface area (Å²) in [4.78, 5) is 11.8. The number of nitrogens with two attached hydrogens (primary N) is 1. The van der Waals surface area contributed by atoms with Crippen LogP contribution in [0.1, 0.15) is 15.9 Å². The Kier molecular flexibility index (Phi) is 5.67. The van der Waals surface area contributed by atoms with Crippen molar-refractivity contribution < 1.29 is 23.0 Å². The molecule has 2 aromatic carbocycles. The summed E-state index contributed by atoms with van der Waals surface area (Å²) in [6, 6.07) is 10.7. The zero-order chi connectivity index (χ0) is 17.5. The van der Waals surface area contributed by atoms with E-state index < -0.39 is 12.5 Å². The molecular formula is C16H15F2N3O3. The number of carbonyl (C=O) groups is 1. The van der Waals surface area contributed by atoms with Gasteiger partial charge in [0.25, 0.3) is 5.91 Å². The molecule has 24 heavy (non-hydrogen) atoms. The molecule has 0 unspecified atom stereocenters. The van der Waals surface area contributed by atoms with Gasteiger partial charge in [-0.05, 0) is 48.0 Å². The molecule has 0 saturated carbocycles. The molecule has 126 valence electrons. The third-order valence-corrected chi connectivity index (χ3v) is 2.96. The van der Waals surface area contributed by atoms with Crippen LogP contribution < -0.4 is 20.6 Å². The highest BCUT2D eigenvalue weighted by molar-refractivity contribution is 5.95. The topological polar surface area (TPSA) is 85.9 Å². The van der Waals surface area contributed by atoms with Crippen molar-refractivity contribution in [2.45, 2.75) is 6.61 Å². The number of halogens is 2. The van der Waals surface area contributed by atoms with Gasteiger partial charge in [-0.3, -0.25) is 4.79 Å². The summed E-state index contributed by atoms with van der Waals surface area (Å²) in [6.07, 6.45) is 1.30. The van der Waals surface area contributed by atoms with E-state index in [4.69, 9.17) is 10.5 Å². The number of alkyl halides is 2. The maximum Gasteiger partial charge on any atom is 0.387 e. The molecule has 2 aromatic rings. The smallest absolute Gasteiger partial charge is 0.387 e. The van der Waals surface area contributed by atoms with Gasteiger partial charge < -0.3 is 15.2 Å². The van der Waals surface area contributed by atoms with E-state index in [9.17, 15) is 13.6 Å². The SMILES string of the molecule is COc1ccc(/C=N\NC(=O)c2ccc(N)cc2)cc1OC(F)F. The quantitative estimate of drug-likeness (QED) is 0.483. The van der Waals surface area contributed by atoms with Crippen molar-refractivity contribution in [3.8, 4) is 11.5 Å². The first kappa shape index (κ1) is 17.2. The van der Waals surface area contributed by atoms with Gasteiger partial charge in [0, 0.05) is 11.3 Å². The minimum Gasteiger partial charge on any atom is -0.493 e. The van der Waals surface area contributed by atoms with Crippen LogP contribution in [0.4, 0.5) is 14.5 Å². The largest absolute Gasteiger partial charge is 0.493 e. The van der Waals surface area contributed by atoms with Crippen molar-refractivity contribution in [3.63, 3.8) is 0 Å². The van der Waals surface area contributed by atoms with Gasteiger partial charge in [-0.25, -0.2) is 5.43 Å². The Hall–Kier alpha value is -3.16. The lowest BCUT2D eigenvalue weighted by molar-refractivity contribution is -0.0512. The molecule has 2 rings (SSSR count). The van der Waals surface area contributed by atoms with E-state index >= 15 is 0 Å². The summed E-state index contributed by atoms with van der Waals surface area (Å²) < 4.78 is 34.0. The summed E-state index contributed by atoms with van der Waals surface area (Å²) >= 11 is 0. The summed E-state index contributed by atoms with van der Waals surface area (Å²) in [5.74, 6) is -0.386. The van der Waals surface area contributed by atoms with Crippen molar-refractivity contribution in [1.29, 1.82) is 0 Å². The van der Waals surface area contributed by atoms with Crippen LogP contribution in [0.15, 0.2) is 47.6 Å². The molecule has 0 aromatic heterocycles. The zero-order valence-electron chi connectivity index (χ0n) is 12.7. The summed E-state index contributed by atoms with van der Waals surface area (Å²) in [5, 5.41) is 3.78. The molecule has 0 spiro atoms. The fourth-order valence-corrected chi connectivity index (χ4v) is 1.83. The Morgan fingerprint density at radius 1 is 1.21 bits per heavy atom. The first-order valence-corrected chi connectivity index (χ1v) is 6.81. The zero-order valence-corrected chi connectivity index (χ0v) is 12.7. The van der Waals surface area contributed by atoms with Crippen molar-refractivity contribution in [2.24, 2.45) is 5.10 Å². The molecule has 0 atom stereocenters. The van der Waals surface area contributed by atoms with Crippen LogP contribution in [0.2, 0.25) is 0 Å². The van der Waals surface area contributed by atoms with Gasteiger partial charge in [0.15, 0.2) is 11.5 Å². The molecule has 0 bridgehead atoms. The monoisotopic (exact) mass is 335 g/mol. The second kappa shape index (κ2) is 7.91. The number of nitrogens with one attached hydrogen (secondary N) is 1. The number of carbonyl (C=O) groups excluding carboxylic acids is 1. The number of methoxy groups -OCH3 is 1. The summed E-state index contributed by atoms with van der Waals surface area (Å²) in [7, 11) is 1.34. The Morgan fingerprint density at radius 2 is 1.92 bits per heavy atom. The molecule has 0 heterocycles. The van der Waals surface area contributed by atoms with Gasteiger partial charge in [-0.1, -0.05) is 0 Å². The van der Waals surface area contributed by atoms with Crippen molar-refractivity contribution in [1.82, 2.24) is 5.43 Å². The first-order chi connectivity index (χ1) is 11.5. The molecule has 0 aliphatic rings. The predicted octanol–water partition coefficient (Wildman–Crippen LogP) is 2.64. The van der Waals surface area contributed by atoms with Crippen LogP contribution in [-0.4, -0.2) is 25.8 Å². The van der Waals surface area contributed by atoms with Crippen LogP contribution in [0.3, 0.4) is 0 Å². The number of hydrogen-bond acceptors (Lipinski definition) is 5. The molecule has 1 amide bonds. The second-order valence-corrected chi connectivity index (χ2v) is 4.61. The molecule has 8 heteroatoms. The Balaban J connectivity index is 2.05. The van der Waals surface area contributed by atoms with Crippen LogP contribution in [0, 0.1) is 0 Å². The lowest BCUT2D eigenvalue weighted by Gasteiger charge is -2.10. The average Bonchev–Trinajstić information content (AvgIpc) is 2.55. The molecule has 6 nitrogen and oxygen atoms in total. The molecule has 0 saturated heterocycles. The van der Waals surface area contributed by atoms with Gasteiger partial charge >= 0.3 is 6.61 Å². The number of hydrazone groups is 1. The van der Waals surface area contributed by atoms with E-state index in [2.05, 4.69) is 15.3 Å². The van der Waals surface area contributed by atoms with E-state index in [-0.39, 0.29) is 11.5 Å². The van der Waals surface area contributed by atoms with Crippen molar-refractivity contribution in [2.75, 3.05) is 12.8 Å². The number of hydrogen-bond donors (Lipinski definition) is 2. The minimum absolute atomic E-state index is 0.124. The first-order valence-electron chi connectivity index (χ1n) is 6.81. The Labute approximate surface area is 136 Å². The number of nitrogens with zero attached hydrogens (tertiary/aromatic N) is 1. The van der Waals surface area contributed by atoms with E-state index in [0.717, 1.165) is 0 Å². The summed E-state index contributed by atoms with van der Waals surface area (Å²) in [6.45, 7) is -2.98. The average molecular weight is 335 g/mol. The van der Waals surface area contributed by atoms with E-state index in [0.29, 0.717) is 16.8 Å². The number of ether oxygens (including phenoxy) is 2. The number of benzene rings is 2. The van der Waals surface area contributed by atoms with Gasteiger partial charge in [0.1, 0.15) is 0 Å². The molecule has 0 fully saturated rings. The number of nitrogen functional groups attached to an aromatic ring is 1. The molecule has 0 aliphatic heterocycles. The third kappa shape index (κ3) is 4.67. The molecule has 0 radical (unpaired) electrons. The normalized spacial score (nSPS) is 10.8. The molecule has 3 N–H and O–H groups in total. The van der Waals surface area contributed by atoms with Crippen molar-refractivity contribution >= 4 is 17.8 Å². The van der Waals surface area contributed by atoms with Gasteiger partial charge in [-0.15, -0.1) is 0 Å². The van der Waals surface area contributed by atoms with E-state index in [1.807, 2.05) is 0 Å². The Bertz CT molecular complexity index is 734. The maximum absolute atomic E-state index is 12.4. The molecule has 0 aliphatic carbocycles. The lowest BCUT2D eigenvalue weighted by atomic mass is 10.2. The Morgan fingerprint density at radius 3 is 2.54 bits per heavy atom. The van der Waals surface area contributed by atoms with Crippen LogP contribution in [0.5, 0.6) is 11.5 Å². The fourth-order valence-electron chi connectivity index (χ4n) is 1.83. The standard InChI is InChI=1S/C16H15F2N3O3/c1-23-13-7-2-10(8-14(13)24-16(17)18)9-20-21-15(22)11-3-5-12(19)6-4-11/h2-9,16H,19H2,1H3,(H,21,22)/b20-9-. The van der Waals surface area contributed by atoms with Crippen LogP contribution in [-0.2, 0) is 0 Å². The number of amides is 1. The summed E-state index contributed by atoms with van der Waals surface area (Å²) in [5.41, 5.74) is 9.24. The number of anilines is 1.